The lowest BCUT2D eigenvalue weighted by molar-refractivity contribution is -0.115. The molecule has 2 amide bonds. The zero-order valence-corrected chi connectivity index (χ0v) is 11.3. The predicted molar refractivity (Wildman–Crippen MR) is 81.1 cm³/mol. The lowest BCUT2D eigenvalue weighted by atomic mass is 10.1. The first kappa shape index (κ1) is 13.3. The molecule has 1 heterocycles. The van der Waals surface area contributed by atoms with Gasteiger partial charge in [0, 0.05) is 23.5 Å². The molecule has 0 unspecified atom stereocenters. The summed E-state index contributed by atoms with van der Waals surface area (Å²) < 4.78 is 0. The van der Waals surface area contributed by atoms with Crippen molar-refractivity contribution in [2.45, 2.75) is 13.0 Å². The molecule has 0 saturated carbocycles. The van der Waals surface area contributed by atoms with Crippen molar-refractivity contribution in [3.05, 3.63) is 59.2 Å². The Balaban J connectivity index is 1.83. The summed E-state index contributed by atoms with van der Waals surface area (Å²) in [6, 6.07) is 12.6. The van der Waals surface area contributed by atoms with Crippen LogP contribution in [0.25, 0.3) is 0 Å². The fourth-order valence-corrected chi connectivity index (χ4v) is 2.39. The van der Waals surface area contributed by atoms with Crippen LogP contribution in [0.2, 0.25) is 0 Å². The van der Waals surface area contributed by atoms with Crippen molar-refractivity contribution >= 4 is 23.2 Å². The van der Waals surface area contributed by atoms with E-state index in [2.05, 4.69) is 10.6 Å². The second-order valence-electron chi connectivity index (χ2n) is 4.91. The van der Waals surface area contributed by atoms with Gasteiger partial charge in [-0.2, -0.15) is 0 Å². The van der Waals surface area contributed by atoms with E-state index in [1.54, 1.807) is 18.2 Å². The summed E-state index contributed by atoms with van der Waals surface area (Å²) in [7, 11) is 0. The summed E-state index contributed by atoms with van der Waals surface area (Å²) >= 11 is 0. The number of hydrogen-bond donors (Lipinski definition) is 3. The summed E-state index contributed by atoms with van der Waals surface area (Å²) in [4.78, 5) is 23.6. The van der Waals surface area contributed by atoms with Crippen LogP contribution in [0.5, 0.6) is 0 Å². The van der Waals surface area contributed by atoms with Crippen LogP contribution in [-0.2, 0) is 17.8 Å². The van der Waals surface area contributed by atoms with E-state index in [9.17, 15) is 9.59 Å². The molecule has 0 aliphatic carbocycles. The zero-order valence-electron chi connectivity index (χ0n) is 11.3. The molecule has 2 aromatic rings. The Labute approximate surface area is 122 Å². The lowest BCUT2D eigenvalue weighted by Gasteiger charge is -2.10. The van der Waals surface area contributed by atoms with E-state index >= 15 is 0 Å². The molecule has 0 atom stereocenters. The van der Waals surface area contributed by atoms with Crippen LogP contribution in [0.3, 0.4) is 0 Å². The maximum atomic E-state index is 12.3. The zero-order chi connectivity index (χ0) is 14.8. The second-order valence-corrected chi connectivity index (χ2v) is 4.91. The highest BCUT2D eigenvalue weighted by molar-refractivity contribution is 6.06. The largest absolute Gasteiger partial charge is 0.326 e. The normalized spacial score (nSPS) is 12.7. The Hall–Kier alpha value is -2.66. The Morgan fingerprint density at radius 3 is 2.86 bits per heavy atom. The number of rotatable bonds is 3. The minimum absolute atomic E-state index is 0.0453. The number of carbonyl (C=O) groups is 2. The van der Waals surface area contributed by atoms with Crippen LogP contribution >= 0.6 is 0 Å². The molecule has 4 N–H and O–H groups in total. The number of carbonyl (C=O) groups excluding carboxylic acids is 2. The fraction of sp³-hybridized carbons (Fsp3) is 0.125. The third-order valence-corrected chi connectivity index (χ3v) is 3.48. The van der Waals surface area contributed by atoms with Gasteiger partial charge in [0.1, 0.15) is 0 Å². The molecule has 1 aliphatic rings. The molecular formula is C16H15N3O2. The molecule has 21 heavy (non-hydrogen) atoms. The van der Waals surface area contributed by atoms with Gasteiger partial charge in [0.15, 0.2) is 0 Å². The molecule has 0 saturated heterocycles. The maximum Gasteiger partial charge on any atom is 0.255 e. The number of benzene rings is 2. The van der Waals surface area contributed by atoms with E-state index in [4.69, 9.17) is 5.73 Å². The highest BCUT2D eigenvalue weighted by Gasteiger charge is 2.19. The van der Waals surface area contributed by atoms with Gasteiger partial charge in [0.2, 0.25) is 5.91 Å². The first-order valence-electron chi connectivity index (χ1n) is 6.69. The first-order chi connectivity index (χ1) is 10.2. The Morgan fingerprint density at radius 1 is 1.24 bits per heavy atom. The molecular weight excluding hydrogens is 266 g/mol. The third-order valence-electron chi connectivity index (χ3n) is 3.48. The third kappa shape index (κ3) is 2.64. The molecule has 5 nitrogen and oxygen atoms in total. The van der Waals surface area contributed by atoms with Crippen molar-refractivity contribution in [2.75, 3.05) is 10.6 Å². The van der Waals surface area contributed by atoms with E-state index in [0.29, 0.717) is 24.2 Å². The number of fused-ring (bicyclic) bond motifs is 1. The number of anilines is 2. The van der Waals surface area contributed by atoms with Gasteiger partial charge in [0.05, 0.1) is 6.42 Å². The van der Waals surface area contributed by atoms with Gasteiger partial charge < -0.3 is 16.4 Å². The van der Waals surface area contributed by atoms with Crippen molar-refractivity contribution in [2.24, 2.45) is 5.73 Å². The second kappa shape index (κ2) is 5.38. The molecule has 106 valence electrons. The summed E-state index contributed by atoms with van der Waals surface area (Å²) in [5, 5.41) is 5.60. The van der Waals surface area contributed by atoms with Gasteiger partial charge >= 0.3 is 0 Å². The van der Waals surface area contributed by atoms with Gasteiger partial charge in [0.25, 0.3) is 5.91 Å². The molecule has 0 fully saturated rings. The average Bonchev–Trinajstić information content (AvgIpc) is 2.86. The number of nitrogens with two attached hydrogens (primary N) is 1. The highest BCUT2D eigenvalue weighted by Crippen LogP contribution is 2.24. The van der Waals surface area contributed by atoms with E-state index < -0.39 is 0 Å². The van der Waals surface area contributed by atoms with E-state index in [-0.39, 0.29) is 11.8 Å². The lowest BCUT2D eigenvalue weighted by Crippen LogP contribution is -2.14. The predicted octanol–water partition coefficient (Wildman–Crippen LogP) is 1.89. The minimum atomic E-state index is -0.210. The molecule has 0 radical (unpaired) electrons. The van der Waals surface area contributed by atoms with Crippen LogP contribution in [0, 0.1) is 0 Å². The van der Waals surface area contributed by atoms with Gasteiger partial charge in [-0.25, -0.2) is 0 Å². The first-order valence-corrected chi connectivity index (χ1v) is 6.69. The average molecular weight is 281 g/mol. The Bertz CT molecular complexity index is 725. The molecule has 3 rings (SSSR count). The standard InChI is InChI=1S/C16H15N3O2/c17-9-11-3-1-2-4-13(11)19-16(21)10-5-6-14-12(7-10)8-15(20)18-14/h1-7H,8-9,17H2,(H,18,20)(H,19,21). The van der Waals surface area contributed by atoms with Gasteiger partial charge in [-0.05, 0) is 35.4 Å². The highest BCUT2D eigenvalue weighted by atomic mass is 16.2. The van der Waals surface area contributed by atoms with Crippen molar-refractivity contribution in [3.63, 3.8) is 0 Å². The van der Waals surface area contributed by atoms with E-state index in [0.717, 1.165) is 16.8 Å². The topological polar surface area (TPSA) is 84.2 Å². The van der Waals surface area contributed by atoms with Crippen LogP contribution in [-0.4, -0.2) is 11.8 Å². The monoisotopic (exact) mass is 281 g/mol. The van der Waals surface area contributed by atoms with Gasteiger partial charge in [-0.3, -0.25) is 9.59 Å². The van der Waals surface area contributed by atoms with Gasteiger partial charge in [-0.15, -0.1) is 0 Å². The molecule has 0 bridgehead atoms. The quantitative estimate of drug-likeness (QED) is 0.803. The molecule has 5 heteroatoms. The SMILES string of the molecule is NCc1ccccc1NC(=O)c1ccc2c(c1)CC(=O)N2. The van der Waals surface area contributed by atoms with Crippen LogP contribution in [0.4, 0.5) is 11.4 Å². The summed E-state index contributed by atoms with van der Waals surface area (Å²) in [5.41, 5.74) is 9.39. The fourth-order valence-electron chi connectivity index (χ4n) is 2.39. The minimum Gasteiger partial charge on any atom is -0.326 e. The Morgan fingerprint density at radius 2 is 2.05 bits per heavy atom. The molecule has 0 aromatic heterocycles. The molecule has 1 aliphatic heterocycles. The van der Waals surface area contributed by atoms with Crippen LogP contribution in [0.15, 0.2) is 42.5 Å². The summed E-state index contributed by atoms with van der Waals surface area (Å²) in [6.07, 6.45) is 0.315. The van der Waals surface area contributed by atoms with Crippen molar-refractivity contribution in [3.8, 4) is 0 Å². The number of para-hydroxylation sites is 1. The number of amides is 2. The van der Waals surface area contributed by atoms with E-state index in [1.807, 2.05) is 24.3 Å². The summed E-state index contributed by atoms with van der Waals surface area (Å²) in [5.74, 6) is -0.255. The molecule has 2 aromatic carbocycles. The Kier molecular flexibility index (Phi) is 3.41. The van der Waals surface area contributed by atoms with Gasteiger partial charge in [-0.1, -0.05) is 18.2 Å². The van der Waals surface area contributed by atoms with Crippen molar-refractivity contribution < 1.29 is 9.59 Å². The van der Waals surface area contributed by atoms with Crippen LogP contribution in [0.1, 0.15) is 21.5 Å². The van der Waals surface area contributed by atoms with Crippen molar-refractivity contribution in [1.82, 2.24) is 0 Å². The smallest absolute Gasteiger partial charge is 0.255 e. The van der Waals surface area contributed by atoms with E-state index in [1.165, 1.54) is 0 Å². The number of hydrogen-bond acceptors (Lipinski definition) is 3. The molecule has 0 spiro atoms. The summed E-state index contributed by atoms with van der Waals surface area (Å²) in [6.45, 7) is 0.360. The van der Waals surface area contributed by atoms with Crippen LogP contribution < -0.4 is 16.4 Å². The van der Waals surface area contributed by atoms with Crippen molar-refractivity contribution in [1.29, 1.82) is 0 Å². The maximum absolute atomic E-state index is 12.3. The number of nitrogens with one attached hydrogen (secondary N) is 2.